The second-order valence-electron chi connectivity index (χ2n) is 9.91. The van der Waals surface area contributed by atoms with Gasteiger partial charge in [0.05, 0.1) is 0 Å². The van der Waals surface area contributed by atoms with Crippen molar-refractivity contribution in [3.63, 3.8) is 0 Å². The summed E-state index contributed by atoms with van der Waals surface area (Å²) in [5, 5.41) is 0. The monoisotopic (exact) mass is 730 g/mol. The summed E-state index contributed by atoms with van der Waals surface area (Å²) in [6.07, 6.45) is 16.0. The highest BCUT2D eigenvalue weighted by Gasteiger charge is 2.27. The highest BCUT2D eigenvalue weighted by atomic mass is 127. The Morgan fingerprint density at radius 3 is 1.26 bits per heavy atom. The summed E-state index contributed by atoms with van der Waals surface area (Å²) in [4.78, 5) is 13.4. The number of pyridine rings is 2. The van der Waals surface area contributed by atoms with Crippen LogP contribution in [0.4, 0.5) is 0 Å². The number of rotatable bonds is 10. The maximum Gasteiger partial charge on any atom is 0.194 e. The molecule has 5 rings (SSSR count). The van der Waals surface area contributed by atoms with Gasteiger partial charge >= 0.3 is 0 Å². The van der Waals surface area contributed by atoms with E-state index in [2.05, 4.69) is 108 Å². The summed E-state index contributed by atoms with van der Waals surface area (Å²) >= 11 is 0. The zero-order chi connectivity index (χ0) is 24.9. The molecule has 198 valence electrons. The SMILES string of the molecule is CCCCC[n+]1ccc(-c2ccc3c(c2)C(=O)c2cc(-c4cc[n+](CCCCC)cc4)ccc2-3)cc1.[I-].[I-]. The van der Waals surface area contributed by atoms with E-state index < -0.39 is 0 Å². The van der Waals surface area contributed by atoms with Crippen molar-refractivity contribution in [1.29, 1.82) is 0 Å². The first-order valence-electron chi connectivity index (χ1n) is 13.5. The quantitative estimate of drug-likeness (QED) is 0.121. The molecule has 0 spiro atoms. The number of unbranched alkanes of at least 4 members (excludes halogenated alkanes) is 4. The van der Waals surface area contributed by atoms with Gasteiger partial charge in [-0.05, 0) is 58.4 Å². The molecule has 1 aliphatic carbocycles. The number of hydrogen-bond acceptors (Lipinski definition) is 1. The first-order valence-corrected chi connectivity index (χ1v) is 13.5. The Kier molecular flexibility index (Phi) is 11.5. The van der Waals surface area contributed by atoms with Crippen LogP contribution in [0.15, 0.2) is 85.5 Å². The molecule has 2 heterocycles. The molecule has 0 saturated carbocycles. The van der Waals surface area contributed by atoms with Crippen molar-refractivity contribution in [2.75, 3.05) is 0 Å². The lowest BCUT2D eigenvalue weighted by Gasteiger charge is -2.06. The number of halogens is 2. The third kappa shape index (κ3) is 6.71. The molecule has 0 radical (unpaired) electrons. The van der Waals surface area contributed by atoms with Crippen LogP contribution >= 0.6 is 0 Å². The van der Waals surface area contributed by atoms with E-state index in [1.54, 1.807) is 0 Å². The minimum Gasteiger partial charge on any atom is -1.00 e. The lowest BCUT2D eigenvalue weighted by molar-refractivity contribution is -0.697. The minimum absolute atomic E-state index is 0. The Hall–Kier alpha value is -2.13. The Morgan fingerprint density at radius 1 is 0.500 bits per heavy atom. The van der Waals surface area contributed by atoms with Crippen LogP contribution in [0.2, 0.25) is 0 Å². The van der Waals surface area contributed by atoms with E-state index in [0.717, 1.165) is 57.6 Å². The molecule has 0 fully saturated rings. The van der Waals surface area contributed by atoms with Gasteiger partial charge in [0.2, 0.25) is 0 Å². The lowest BCUT2D eigenvalue weighted by Crippen LogP contribution is -3.00. The van der Waals surface area contributed by atoms with Crippen molar-refractivity contribution in [2.24, 2.45) is 0 Å². The number of hydrogen-bond donors (Lipinski definition) is 0. The van der Waals surface area contributed by atoms with Crippen LogP contribution in [0.3, 0.4) is 0 Å². The third-order valence-electron chi connectivity index (χ3n) is 7.31. The van der Waals surface area contributed by atoms with Crippen molar-refractivity contribution >= 4 is 5.78 Å². The largest absolute Gasteiger partial charge is 1.00 e. The second-order valence-corrected chi connectivity index (χ2v) is 9.91. The Bertz CT molecular complexity index is 1260. The summed E-state index contributed by atoms with van der Waals surface area (Å²) in [6.45, 7) is 6.56. The van der Waals surface area contributed by atoms with Gasteiger partial charge in [0.15, 0.2) is 30.6 Å². The van der Waals surface area contributed by atoms with Crippen LogP contribution in [-0.4, -0.2) is 5.78 Å². The van der Waals surface area contributed by atoms with E-state index in [1.807, 2.05) is 0 Å². The topological polar surface area (TPSA) is 24.8 Å². The van der Waals surface area contributed by atoms with Crippen molar-refractivity contribution in [3.8, 4) is 33.4 Å². The second kappa shape index (κ2) is 14.3. The maximum absolute atomic E-state index is 13.4. The number of aryl methyl sites for hydroxylation is 2. The van der Waals surface area contributed by atoms with Gasteiger partial charge in [-0.15, -0.1) is 0 Å². The molecule has 0 atom stereocenters. The number of benzene rings is 2. The van der Waals surface area contributed by atoms with Gasteiger partial charge in [0, 0.05) is 48.2 Å². The molecule has 4 aromatic rings. The van der Waals surface area contributed by atoms with Gasteiger partial charge < -0.3 is 48.0 Å². The van der Waals surface area contributed by atoms with Crippen LogP contribution in [0.5, 0.6) is 0 Å². The lowest BCUT2D eigenvalue weighted by atomic mass is 9.98. The molecule has 0 aliphatic heterocycles. The van der Waals surface area contributed by atoms with Gasteiger partial charge in [-0.1, -0.05) is 51.0 Å². The fourth-order valence-electron chi connectivity index (χ4n) is 5.12. The molecular formula is C33H36I2N2O. The smallest absolute Gasteiger partial charge is 0.194 e. The molecule has 0 saturated heterocycles. The fourth-order valence-corrected chi connectivity index (χ4v) is 5.12. The highest BCUT2D eigenvalue weighted by Crippen LogP contribution is 2.40. The van der Waals surface area contributed by atoms with Crippen LogP contribution in [0, 0.1) is 0 Å². The van der Waals surface area contributed by atoms with Crippen LogP contribution in [0.1, 0.15) is 68.3 Å². The zero-order valence-corrected chi connectivity index (χ0v) is 26.6. The van der Waals surface area contributed by atoms with Crippen molar-refractivity contribution < 1.29 is 61.9 Å². The molecule has 3 nitrogen and oxygen atoms in total. The van der Waals surface area contributed by atoms with Crippen molar-refractivity contribution in [1.82, 2.24) is 0 Å². The standard InChI is InChI=1S/C33H36N2O.2HI/c1-3-5-7-17-34-19-13-25(14-20-34)27-9-11-29-30-12-10-28(24-32(30)33(36)31(29)23-27)26-15-21-35(22-16-26)18-8-6-4-2;;/h9-16,19-24H,3-8,17-18H2,1-2H3;2*1H/q+2;;/p-2. The number of aromatic nitrogens is 2. The van der Waals surface area contributed by atoms with Gasteiger partial charge in [-0.3, -0.25) is 4.79 Å². The summed E-state index contributed by atoms with van der Waals surface area (Å²) in [7, 11) is 0. The molecule has 0 amide bonds. The molecular weight excluding hydrogens is 694 g/mol. The molecule has 1 aliphatic rings. The number of fused-ring (bicyclic) bond motifs is 3. The maximum atomic E-state index is 13.4. The predicted molar refractivity (Wildman–Crippen MR) is 146 cm³/mol. The molecule has 38 heavy (non-hydrogen) atoms. The summed E-state index contributed by atoms with van der Waals surface area (Å²) in [5.41, 5.74) is 8.16. The van der Waals surface area contributed by atoms with E-state index in [1.165, 1.54) is 38.5 Å². The number of ketones is 1. The fraction of sp³-hybridized carbons (Fsp3) is 0.303. The van der Waals surface area contributed by atoms with E-state index in [4.69, 9.17) is 0 Å². The third-order valence-corrected chi connectivity index (χ3v) is 7.31. The molecule has 2 aromatic heterocycles. The first kappa shape index (κ1) is 30.4. The summed E-state index contributed by atoms with van der Waals surface area (Å²) in [6, 6.07) is 21.2. The number of carbonyl (C=O) groups excluding carboxylic acids is 1. The van der Waals surface area contributed by atoms with Crippen molar-refractivity contribution in [2.45, 2.75) is 65.5 Å². The Balaban J connectivity index is 0.00000200. The van der Waals surface area contributed by atoms with Gasteiger partial charge in [-0.25, -0.2) is 9.13 Å². The van der Waals surface area contributed by atoms with E-state index in [9.17, 15) is 4.79 Å². The molecule has 0 unspecified atom stereocenters. The molecule has 0 bridgehead atoms. The van der Waals surface area contributed by atoms with Gasteiger partial charge in [0.1, 0.15) is 13.1 Å². The Labute approximate surface area is 261 Å². The van der Waals surface area contributed by atoms with Crippen LogP contribution < -0.4 is 57.1 Å². The summed E-state index contributed by atoms with van der Waals surface area (Å²) < 4.78 is 4.48. The molecule has 2 aromatic carbocycles. The number of carbonyl (C=O) groups is 1. The Morgan fingerprint density at radius 2 is 0.895 bits per heavy atom. The highest BCUT2D eigenvalue weighted by molar-refractivity contribution is 6.22. The zero-order valence-electron chi connectivity index (χ0n) is 22.3. The normalized spacial score (nSPS) is 11.4. The van der Waals surface area contributed by atoms with Gasteiger partial charge in [-0.2, -0.15) is 0 Å². The molecule has 5 heteroatoms. The van der Waals surface area contributed by atoms with E-state index >= 15 is 0 Å². The van der Waals surface area contributed by atoms with E-state index in [-0.39, 0.29) is 53.7 Å². The van der Waals surface area contributed by atoms with Crippen molar-refractivity contribution in [3.05, 3.63) is 96.6 Å². The predicted octanol–water partition coefficient (Wildman–Crippen LogP) is 1.20. The first-order chi connectivity index (χ1) is 17.7. The minimum atomic E-state index is 0. The van der Waals surface area contributed by atoms with Crippen LogP contribution in [0.25, 0.3) is 33.4 Å². The van der Waals surface area contributed by atoms with E-state index in [0.29, 0.717) is 0 Å². The molecule has 0 N–H and O–H groups in total. The van der Waals surface area contributed by atoms with Gasteiger partial charge in [0.25, 0.3) is 0 Å². The average molecular weight is 730 g/mol. The number of nitrogens with zero attached hydrogens (tertiary/aromatic N) is 2. The van der Waals surface area contributed by atoms with Crippen LogP contribution in [-0.2, 0) is 13.1 Å². The summed E-state index contributed by atoms with van der Waals surface area (Å²) in [5.74, 6) is 0.125. The average Bonchev–Trinajstić information content (AvgIpc) is 3.20.